The van der Waals surface area contributed by atoms with Crippen LogP contribution in [-0.4, -0.2) is 54.5 Å². The fraction of sp³-hybridized carbons (Fsp3) is 0.394. The van der Waals surface area contributed by atoms with Crippen molar-refractivity contribution in [1.82, 2.24) is 16.0 Å². The van der Waals surface area contributed by atoms with Gasteiger partial charge < -0.3 is 30.2 Å². The highest BCUT2D eigenvalue weighted by atomic mass is 16.6. The number of amides is 2. The zero-order valence-electron chi connectivity index (χ0n) is 24.7. The first-order valence-corrected chi connectivity index (χ1v) is 14.6. The summed E-state index contributed by atoms with van der Waals surface area (Å²) in [5, 5.41) is 9.85. The molecule has 10 heteroatoms. The van der Waals surface area contributed by atoms with Gasteiger partial charge >= 0.3 is 11.9 Å². The van der Waals surface area contributed by atoms with Crippen molar-refractivity contribution in [3.8, 4) is 17.2 Å². The van der Waals surface area contributed by atoms with E-state index < -0.39 is 36.0 Å². The molecule has 0 aromatic heterocycles. The van der Waals surface area contributed by atoms with Crippen molar-refractivity contribution in [3.05, 3.63) is 65.7 Å². The summed E-state index contributed by atoms with van der Waals surface area (Å²) in [4.78, 5) is 51.4. The molecule has 0 radical (unpaired) electrons. The van der Waals surface area contributed by atoms with Gasteiger partial charge in [0.25, 0.3) is 0 Å². The third kappa shape index (κ3) is 7.14. The number of fused-ring (bicyclic) bond motifs is 3. The van der Waals surface area contributed by atoms with Gasteiger partial charge in [0.1, 0.15) is 23.9 Å². The van der Waals surface area contributed by atoms with Crippen LogP contribution in [-0.2, 0) is 32.0 Å². The largest absolute Gasteiger partial charge is 0.487 e. The van der Waals surface area contributed by atoms with Gasteiger partial charge in [-0.15, -0.1) is 0 Å². The van der Waals surface area contributed by atoms with Gasteiger partial charge in [-0.05, 0) is 51.6 Å². The Hall–Kier alpha value is -4.44. The summed E-state index contributed by atoms with van der Waals surface area (Å²) in [5.74, 6) is -1.28. The second kappa shape index (κ2) is 12.8. The molecule has 2 amide bonds. The molecule has 43 heavy (non-hydrogen) atoms. The second-order valence-corrected chi connectivity index (χ2v) is 11.6. The molecule has 0 spiro atoms. The van der Waals surface area contributed by atoms with Crippen LogP contribution in [0, 0.1) is 0 Å². The van der Waals surface area contributed by atoms with E-state index in [-0.39, 0.29) is 29.9 Å². The summed E-state index contributed by atoms with van der Waals surface area (Å²) in [5.41, 5.74) is 1.08. The highest BCUT2D eigenvalue weighted by molar-refractivity contribution is 6.00. The lowest BCUT2D eigenvalue weighted by molar-refractivity contribution is -0.137. The molecule has 0 unspecified atom stereocenters. The molecule has 2 atom stereocenters. The first kappa shape index (κ1) is 30.0. The highest BCUT2D eigenvalue weighted by Crippen LogP contribution is 2.50. The molecule has 3 aromatic carbocycles. The monoisotopic (exact) mass is 587 g/mol. The first-order chi connectivity index (χ1) is 20.6. The number of carbonyl (C=O) groups excluding carboxylic acids is 4. The van der Waals surface area contributed by atoms with Crippen LogP contribution in [0.2, 0.25) is 0 Å². The van der Waals surface area contributed by atoms with E-state index in [9.17, 15) is 19.2 Å². The van der Waals surface area contributed by atoms with Crippen LogP contribution in [0.4, 0.5) is 0 Å². The molecule has 5 rings (SSSR count). The molecule has 2 aliphatic rings. The maximum Gasteiger partial charge on any atom is 0.330 e. The van der Waals surface area contributed by atoms with Crippen LogP contribution < -0.4 is 30.2 Å². The van der Waals surface area contributed by atoms with Crippen molar-refractivity contribution in [2.45, 2.75) is 70.6 Å². The summed E-state index contributed by atoms with van der Waals surface area (Å²) in [7, 11) is 0. The predicted octanol–water partition coefficient (Wildman–Crippen LogP) is 3.37. The zero-order chi connectivity index (χ0) is 30.6. The molecule has 10 nitrogen and oxygen atoms in total. The molecule has 3 N–H and O–H groups in total. The molecular weight excluding hydrogens is 550 g/mol. The number of nitrogens with one attached hydrogen (secondary N) is 3. The van der Waals surface area contributed by atoms with E-state index >= 15 is 0 Å². The first-order valence-electron chi connectivity index (χ1n) is 14.6. The SMILES string of the molecule is CC(=O)Oc1c2c(c3ccccc3c1OC(=O)CNC(=O)[C@H](Cc1ccccc1)NC(=O)[C@@H]1CCCN1)OC(C)(C)CC2. The highest BCUT2D eigenvalue weighted by Gasteiger charge is 2.34. The van der Waals surface area contributed by atoms with E-state index in [4.69, 9.17) is 14.2 Å². The molecule has 3 aromatic rings. The standard InChI is InChI=1S/C33H37N3O7/c1-20(37)41-30-24-15-16-33(2,3)43-28(24)22-12-7-8-13-23(22)29(30)42-27(38)19-35-31(39)26(18-21-10-5-4-6-11-21)36-32(40)25-14-9-17-34-25/h4-8,10-13,25-26,34H,9,14-19H2,1-3H3,(H,35,39)(H,36,40)/t25-,26-/m0/s1. The minimum atomic E-state index is -0.896. The normalized spacial score (nSPS) is 17.7. The minimum Gasteiger partial charge on any atom is -0.487 e. The number of carbonyl (C=O) groups is 4. The Balaban J connectivity index is 1.36. The summed E-state index contributed by atoms with van der Waals surface area (Å²) >= 11 is 0. The average molecular weight is 588 g/mol. The van der Waals surface area contributed by atoms with Gasteiger partial charge in [0.15, 0.2) is 11.5 Å². The van der Waals surface area contributed by atoms with Gasteiger partial charge in [-0.25, -0.2) is 4.79 Å². The van der Waals surface area contributed by atoms with E-state index in [1.807, 2.05) is 56.3 Å². The number of benzene rings is 3. The van der Waals surface area contributed by atoms with E-state index in [1.54, 1.807) is 12.1 Å². The third-order valence-corrected chi connectivity index (χ3v) is 7.69. The fourth-order valence-corrected chi connectivity index (χ4v) is 5.53. The van der Waals surface area contributed by atoms with Crippen molar-refractivity contribution in [3.63, 3.8) is 0 Å². The average Bonchev–Trinajstić information content (AvgIpc) is 3.53. The van der Waals surface area contributed by atoms with E-state index in [0.717, 1.165) is 23.9 Å². The lowest BCUT2D eigenvalue weighted by atomic mass is 9.91. The topological polar surface area (TPSA) is 132 Å². The van der Waals surface area contributed by atoms with Crippen molar-refractivity contribution in [2.24, 2.45) is 0 Å². The van der Waals surface area contributed by atoms with Crippen LogP contribution in [0.3, 0.4) is 0 Å². The maximum atomic E-state index is 13.3. The Bertz CT molecular complexity index is 1530. The van der Waals surface area contributed by atoms with Gasteiger partial charge in [-0.2, -0.15) is 0 Å². The van der Waals surface area contributed by atoms with E-state index in [2.05, 4.69) is 16.0 Å². The minimum absolute atomic E-state index is 0.0913. The summed E-state index contributed by atoms with van der Waals surface area (Å²) in [6.07, 6.45) is 3.05. The van der Waals surface area contributed by atoms with Gasteiger partial charge in [0.05, 0.1) is 6.04 Å². The van der Waals surface area contributed by atoms with Crippen LogP contribution in [0.15, 0.2) is 54.6 Å². The molecule has 1 saturated heterocycles. The lowest BCUT2D eigenvalue weighted by Crippen LogP contribution is -2.53. The molecule has 2 heterocycles. The van der Waals surface area contributed by atoms with Crippen molar-refractivity contribution in [1.29, 1.82) is 0 Å². The predicted molar refractivity (Wildman–Crippen MR) is 160 cm³/mol. The number of esters is 2. The third-order valence-electron chi connectivity index (χ3n) is 7.69. The van der Waals surface area contributed by atoms with Crippen LogP contribution >= 0.6 is 0 Å². The van der Waals surface area contributed by atoms with Gasteiger partial charge in [-0.1, -0.05) is 54.6 Å². The Labute approximate surface area is 250 Å². The van der Waals surface area contributed by atoms with Gasteiger partial charge in [0.2, 0.25) is 11.8 Å². The number of ether oxygens (including phenoxy) is 3. The molecule has 0 aliphatic carbocycles. The van der Waals surface area contributed by atoms with Gasteiger partial charge in [-0.3, -0.25) is 14.4 Å². The summed E-state index contributed by atoms with van der Waals surface area (Å²) in [6.45, 7) is 5.55. The summed E-state index contributed by atoms with van der Waals surface area (Å²) < 4.78 is 17.7. The molecule has 1 fully saturated rings. The number of rotatable bonds is 9. The zero-order valence-corrected chi connectivity index (χ0v) is 24.7. The fourth-order valence-electron chi connectivity index (χ4n) is 5.53. The van der Waals surface area contributed by atoms with Crippen molar-refractivity contribution < 1.29 is 33.4 Å². The Morgan fingerprint density at radius 1 is 1.00 bits per heavy atom. The number of hydrogen-bond acceptors (Lipinski definition) is 8. The Morgan fingerprint density at radius 3 is 2.42 bits per heavy atom. The van der Waals surface area contributed by atoms with Gasteiger partial charge in [0, 0.05) is 29.7 Å². The summed E-state index contributed by atoms with van der Waals surface area (Å²) in [6, 6.07) is 15.3. The smallest absolute Gasteiger partial charge is 0.330 e. The van der Waals surface area contributed by atoms with E-state index in [1.165, 1.54) is 6.92 Å². The van der Waals surface area contributed by atoms with Crippen LogP contribution in [0.5, 0.6) is 17.2 Å². The Kier molecular flexibility index (Phi) is 8.96. The number of hydrogen-bond donors (Lipinski definition) is 3. The van der Waals surface area contributed by atoms with E-state index in [0.29, 0.717) is 36.0 Å². The van der Waals surface area contributed by atoms with Crippen LogP contribution in [0.1, 0.15) is 51.2 Å². The lowest BCUT2D eigenvalue weighted by Gasteiger charge is -2.34. The second-order valence-electron chi connectivity index (χ2n) is 11.6. The molecule has 0 bridgehead atoms. The van der Waals surface area contributed by atoms with Crippen molar-refractivity contribution in [2.75, 3.05) is 13.1 Å². The molecule has 0 saturated carbocycles. The maximum absolute atomic E-state index is 13.3. The Morgan fingerprint density at radius 2 is 1.72 bits per heavy atom. The molecule has 2 aliphatic heterocycles. The quantitative estimate of drug-likeness (QED) is 0.257. The molecule has 226 valence electrons. The van der Waals surface area contributed by atoms with Crippen LogP contribution in [0.25, 0.3) is 10.8 Å². The van der Waals surface area contributed by atoms with Crippen molar-refractivity contribution >= 4 is 34.5 Å². The molecular formula is C33H37N3O7.